The van der Waals surface area contributed by atoms with Crippen LogP contribution in [0.1, 0.15) is 15.9 Å². The van der Waals surface area contributed by atoms with Crippen LogP contribution in [0.5, 0.6) is 0 Å². The third-order valence-electron chi connectivity index (χ3n) is 3.13. The number of benzene rings is 2. The molecule has 0 radical (unpaired) electrons. The summed E-state index contributed by atoms with van der Waals surface area (Å²) < 4.78 is 0. The molecule has 0 bridgehead atoms. The summed E-state index contributed by atoms with van der Waals surface area (Å²) >= 11 is 5.87. The molecule has 0 saturated heterocycles. The first kappa shape index (κ1) is 16.0. The van der Waals surface area contributed by atoms with Crippen molar-refractivity contribution >= 4 is 29.1 Å². The van der Waals surface area contributed by atoms with Gasteiger partial charge in [-0.25, -0.2) is 0 Å². The van der Waals surface area contributed by atoms with E-state index < -0.39 is 0 Å². The van der Waals surface area contributed by atoms with Crippen LogP contribution in [-0.4, -0.2) is 30.3 Å². The van der Waals surface area contributed by atoms with Crippen molar-refractivity contribution in [2.24, 2.45) is 0 Å². The van der Waals surface area contributed by atoms with Gasteiger partial charge in [0.05, 0.1) is 6.54 Å². The molecule has 5 heteroatoms. The summed E-state index contributed by atoms with van der Waals surface area (Å²) in [5.74, 6) is -0.497. The molecule has 0 fully saturated rings. The Kier molecular flexibility index (Phi) is 5.17. The molecular weight excluding hydrogens is 300 g/mol. The van der Waals surface area contributed by atoms with Crippen molar-refractivity contribution in [2.45, 2.75) is 6.92 Å². The lowest BCUT2D eigenvalue weighted by atomic mass is 10.2. The van der Waals surface area contributed by atoms with Crippen LogP contribution in [0.3, 0.4) is 0 Å². The fourth-order valence-electron chi connectivity index (χ4n) is 1.97. The fourth-order valence-corrected chi connectivity index (χ4v) is 2.16. The van der Waals surface area contributed by atoms with Gasteiger partial charge in [-0.1, -0.05) is 35.4 Å². The average molecular weight is 317 g/mol. The third kappa shape index (κ3) is 4.33. The van der Waals surface area contributed by atoms with Crippen molar-refractivity contribution in [1.82, 2.24) is 4.90 Å². The number of hydrogen-bond donors (Lipinski definition) is 1. The van der Waals surface area contributed by atoms with Gasteiger partial charge in [0.25, 0.3) is 5.91 Å². The van der Waals surface area contributed by atoms with Gasteiger partial charge in [0.1, 0.15) is 0 Å². The maximum Gasteiger partial charge on any atom is 0.254 e. The molecule has 0 aliphatic heterocycles. The molecular formula is C17H17ClN2O2. The first-order valence-corrected chi connectivity index (χ1v) is 7.21. The van der Waals surface area contributed by atoms with Crippen molar-refractivity contribution in [2.75, 3.05) is 18.9 Å². The van der Waals surface area contributed by atoms with Gasteiger partial charge in [-0.3, -0.25) is 9.59 Å². The SMILES string of the molecule is Cc1ccc(NC(=O)CN(C)C(=O)c2cccc(Cl)c2)cc1. The fraction of sp³-hybridized carbons (Fsp3) is 0.176. The topological polar surface area (TPSA) is 49.4 Å². The molecule has 2 amide bonds. The number of nitrogens with zero attached hydrogens (tertiary/aromatic N) is 1. The van der Waals surface area contributed by atoms with Gasteiger partial charge in [0.2, 0.25) is 5.91 Å². The highest BCUT2D eigenvalue weighted by atomic mass is 35.5. The zero-order valence-electron chi connectivity index (χ0n) is 12.5. The first-order valence-electron chi connectivity index (χ1n) is 6.83. The number of carbonyl (C=O) groups is 2. The van der Waals surface area contributed by atoms with Gasteiger partial charge in [-0.15, -0.1) is 0 Å². The number of hydrogen-bond acceptors (Lipinski definition) is 2. The molecule has 0 aliphatic rings. The number of aryl methyl sites for hydroxylation is 1. The van der Waals surface area contributed by atoms with Gasteiger partial charge >= 0.3 is 0 Å². The Hall–Kier alpha value is -2.33. The van der Waals surface area contributed by atoms with Crippen LogP contribution in [0.4, 0.5) is 5.69 Å². The summed E-state index contributed by atoms with van der Waals surface area (Å²) in [5, 5.41) is 3.25. The number of carbonyl (C=O) groups excluding carboxylic acids is 2. The summed E-state index contributed by atoms with van der Waals surface area (Å²) in [6.07, 6.45) is 0. The summed E-state index contributed by atoms with van der Waals surface area (Å²) in [6, 6.07) is 14.1. The predicted octanol–water partition coefficient (Wildman–Crippen LogP) is 3.36. The third-order valence-corrected chi connectivity index (χ3v) is 3.37. The number of nitrogens with one attached hydrogen (secondary N) is 1. The molecule has 114 valence electrons. The van der Waals surface area contributed by atoms with E-state index >= 15 is 0 Å². The molecule has 0 heterocycles. The Morgan fingerprint density at radius 3 is 2.45 bits per heavy atom. The number of halogens is 1. The van der Waals surface area contributed by atoms with E-state index in [1.54, 1.807) is 31.3 Å². The van der Waals surface area contributed by atoms with E-state index in [-0.39, 0.29) is 18.4 Å². The van der Waals surface area contributed by atoms with E-state index in [1.807, 2.05) is 31.2 Å². The van der Waals surface area contributed by atoms with Gasteiger partial charge in [-0.05, 0) is 37.3 Å². The molecule has 2 aromatic carbocycles. The number of anilines is 1. The Bertz CT molecular complexity index is 683. The molecule has 0 atom stereocenters. The smallest absolute Gasteiger partial charge is 0.254 e. The molecule has 1 N–H and O–H groups in total. The van der Waals surface area contributed by atoms with Crippen molar-refractivity contribution in [3.05, 3.63) is 64.7 Å². The van der Waals surface area contributed by atoms with Gasteiger partial charge in [0.15, 0.2) is 0 Å². The van der Waals surface area contributed by atoms with Crippen LogP contribution < -0.4 is 5.32 Å². The van der Waals surface area contributed by atoms with Crippen molar-refractivity contribution in [1.29, 1.82) is 0 Å². The molecule has 0 spiro atoms. The predicted molar refractivity (Wildman–Crippen MR) is 88.2 cm³/mol. The van der Waals surface area contributed by atoms with Gasteiger partial charge in [0, 0.05) is 23.3 Å². The van der Waals surface area contributed by atoms with Crippen molar-refractivity contribution < 1.29 is 9.59 Å². The van der Waals surface area contributed by atoms with Crippen LogP contribution in [0.2, 0.25) is 5.02 Å². The highest BCUT2D eigenvalue weighted by molar-refractivity contribution is 6.31. The standard InChI is InChI=1S/C17H17ClN2O2/c1-12-6-8-15(9-7-12)19-16(21)11-20(2)17(22)13-4-3-5-14(18)10-13/h3-10H,11H2,1-2H3,(H,19,21). The molecule has 0 aromatic heterocycles. The maximum absolute atomic E-state index is 12.2. The lowest BCUT2D eigenvalue weighted by Crippen LogP contribution is -2.34. The average Bonchev–Trinajstić information content (AvgIpc) is 2.48. The van der Waals surface area contributed by atoms with E-state index in [1.165, 1.54) is 4.90 Å². The van der Waals surface area contributed by atoms with E-state index in [0.717, 1.165) is 5.56 Å². The Morgan fingerprint density at radius 2 is 1.82 bits per heavy atom. The summed E-state index contributed by atoms with van der Waals surface area (Å²) in [6.45, 7) is 1.95. The van der Waals surface area contributed by atoms with Crippen LogP contribution in [0, 0.1) is 6.92 Å². The molecule has 0 aliphatic carbocycles. The normalized spacial score (nSPS) is 10.1. The highest BCUT2D eigenvalue weighted by Crippen LogP contribution is 2.12. The van der Waals surface area contributed by atoms with Crippen molar-refractivity contribution in [3.63, 3.8) is 0 Å². The Balaban J connectivity index is 1.96. The van der Waals surface area contributed by atoms with Crippen molar-refractivity contribution in [3.8, 4) is 0 Å². The largest absolute Gasteiger partial charge is 0.332 e. The molecule has 4 nitrogen and oxygen atoms in total. The van der Waals surface area contributed by atoms with E-state index in [2.05, 4.69) is 5.32 Å². The first-order chi connectivity index (χ1) is 10.5. The lowest BCUT2D eigenvalue weighted by molar-refractivity contribution is -0.116. The van der Waals surface area contributed by atoms with Gasteiger partial charge < -0.3 is 10.2 Å². The second-order valence-electron chi connectivity index (χ2n) is 5.09. The molecule has 2 rings (SSSR count). The quantitative estimate of drug-likeness (QED) is 0.940. The van der Waals surface area contributed by atoms with Crippen LogP contribution in [0.25, 0.3) is 0 Å². The van der Waals surface area contributed by atoms with E-state index in [0.29, 0.717) is 16.3 Å². The second kappa shape index (κ2) is 7.09. The molecule has 0 unspecified atom stereocenters. The number of amides is 2. The van der Waals surface area contributed by atoms with Gasteiger partial charge in [-0.2, -0.15) is 0 Å². The zero-order chi connectivity index (χ0) is 16.1. The Labute approximate surface area is 134 Å². The summed E-state index contributed by atoms with van der Waals surface area (Å²) in [5.41, 5.74) is 2.28. The lowest BCUT2D eigenvalue weighted by Gasteiger charge is -2.17. The summed E-state index contributed by atoms with van der Waals surface area (Å²) in [4.78, 5) is 25.6. The highest BCUT2D eigenvalue weighted by Gasteiger charge is 2.15. The molecule has 22 heavy (non-hydrogen) atoms. The molecule has 2 aromatic rings. The van der Waals surface area contributed by atoms with Crippen LogP contribution >= 0.6 is 11.6 Å². The molecule has 0 saturated carbocycles. The summed E-state index contributed by atoms with van der Waals surface area (Å²) in [7, 11) is 1.58. The van der Waals surface area contributed by atoms with E-state index in [4.69, 9.17) is 11.6 Å². The minimum absolute atomic E-state index is 0.0285. The minimum atomic E-state index is -0.249. The number of rotatable bonds is 4. The van der Waals surface area contributed by atoms with E-state index in [9.17, 15) is 9.59 Å². The minimum Gasteiger partial charge on any atom is -0.332 e. The number of likely N-dealkylation sites (N-methyl/N-ethyl adjacent to an activating group) is 1. The zero-order valence-corrected chi connectivity index (χ0v) is 13.2. The monoisotopic (exact) mass is 316 g/mol. The maximum atomic E-state index is 12.2. The van der Waals surface area contributed by atoms with Crippen LogP contribution in [0.15, 0.2) is 48.5 Å². The Morgan fingerprint density at radius 1 is 1.14 bits per heavy atom. The second-order valence-corrected chi connectivity index (χ2v) is 5.52. The van der Waals surface area contributed by atoms with Crippen LogP contribution in [-0.2, 0) is 4.79 Å².